The van der Waals surface area contributed by atoms with Crippen LogP contribution in [0.1, 0.15) is 18.1 Å². The number of aliphatic imine (C=N–C) groups is 1. The highest BCUT2D eigenvalue weighted by atomic mass is 127. The van der Waals surface area contributed by atoms with E-state index in [-0.39, 0.29) is 24.0 Å². The Hall–Kier alpha value is -1.65. The Labute approximate surface area is 140 Å². The molecule has 0 aliphatic rings. The summed E-state index contributed by atoms with van der Waals surface area (Å²) in [6.07, 6.45) is 4.69. The highest BCUT2D eigenvalue weighted by molar-refractivity contribution is 14.0. The maximum Gasteiger partial charge on any atom is 0.223 e. The summed E-state index contributed by atoms with van der Waals surface area (Å²) in [6.45, 7) is 3.93. The van der Waals surface area contributed by atoms with Gasteiger partial charge in [-0.3, -0.25) is 9.67 Å². The molecule has 8 nitrogen and oxygen atoms in total. The lowest BCUT2D eigenvalue weighted by molar-refractivity contribution is 0.386. The zero-order valence-corrected chi connectivity index (χ0v) is 14.4. The summed E-state index contributed by atoms with van der Waals surface area (Å²) in [5, 5.41) is 14.3. The second kappa shape index (κ2) is 9.32. The molecule has 0 aromatic carbocycles. The minimum absolute atomic E-state index is 0. The van der Waals surface area contributed by atoms with Crippen LogP contribution in [0, 0.1) is 6.92 Å². The van der Waals surface area contributed by atoms with Crippen LogP contribution < -0.4 is 10.6 Å². The van der Waals surface area contributed by atoms with Gasteiger partial charge >= 0.3 is 0 Å². The van der Waals surface area contributed by atoms with Crippen LogP contribution in [0.25, 0.3) is 0 Å². The van der Waals surface area contributed by atoms with Gasteiger partial charge in [0.2, 0.25) is 5.89 Å². The zero-order valence-electron chi connectivity index (χ0n) is 12.1. The first-order chi connectivity index (χ1) is 9.78. The standard InChI is InChI=1S/C12H19N7O.HI/c1-10-17-11(18-20-10)9-15-12(13-2)14-5-3-7-19-8-4-6-16-19;/h4,6,8H,3,5,7,9H2,1-2H3,(H2,13,14,15);1H. The van der Waals surface area contributed by atoms with Crippen molar-refractivity contribution in [1.82, 2.24) is 30.6 Å². The third kappa shape index (κ3) is 6.10. The Morgan fingerprint density at radius 3 is 2.90 bits per heavy atom. The molecule has 0 unspecified atom stereocenters. The monoisotopic (exact) mass is 405 g/mol. The molecule has 0 fully saturated rings. The molecule has 0 amide bonds. The first-order valence-corrected chi connectivity index (χ1v) is 6.49. The number of rotatable bonds is 6. The van der Waals surface area contributed by atoms with Gasteiger partial charge in [0, 0.05) is 39.5 Å². The van der Waals surface area contributed by atoms with E-state index in [2.05, 4.69) is 30.9 Å². The number of halogens is 1. The van der Waals surface area contributed by atoms with E-state index in [0.717, 1.165) is 19.5 Å². The van der Waals surface area contributed by atoms with Gasteiger partial charge in [-0.25, -0.2) is 0 Å². The molecule has 2 N–H and O–H groups in total. The Bertz CT molecular complexity index is 538. The average molecular weight is 405 g/mol. The molecule has 0 radical (unpaired) electrons. The van der Waals surface area contributed by atoms with Gasteiger partial charge in [-0.1, -0.05) is 5.16 Å². The lowest BCUT2D eigenvalue weighted by atomic mass is 10.4. The molecule has 21 heavy (non-hydrogen) atoms. The maximum absolute atomic E-state index is 4.90. The van der Waals surface area contributed by atoms with E-state index in [4.69, 9.17) is 4.52 Å². The number of nitrogens with zero attached hydrogens (tertiary/aromatic N) is 5. The van der Waals surface area contributed by atoms with Crippen molar-refractivity contribution in [1.29, 1.82) is 0 Å². The molecule has 0 bridgehead atoms. The second-order valence-electron chi connectivity index (χ2n) is 4.20. The molecule has 0 atom stereocenters. The first-order valence-electron chi connectivity index (χ1n) is 6.49. The molecule has 0 aliphatic carbocycles. The molecule has 0 saturated heterocycles. The Kier molecular flexibility index (Phi) is 7.72. The zero-order chi connectivity index (χ0) is 14.2. The fourth-order valence-corrected chi connectivity index (χ4v) is 1.68. The minimum Gasteiger partial charge on any atom is -0.356 e. The molecular formula is C12H20IN7O. The predicted octanol–water partition coefficient (Wildman–Crippen LogP) is 0.948. The summed E-state index contributed by atoms with van der Waals surface area (Å²) >= 11 is 0. The van der Waals surface area contributed by atoms with Crippen LogP contribution in [0.5, 0.6) is 0 Å². The first kappa shape index (κ1) is 17.4. The van der Waals surface area contributed by atoms with Gasteiger partial charge in [-0.15, -0.1) is 24.0 Å². The van der Waals surface area contributed by atoms with E-state index in [1.54, 1.807) is 20.2 Å². The van der Waals surface area contributed by atoms with Gasteiger partial charge in [0.05, 0.1) is 6.54 Å². The summed E-state index contributed by atoms with van der Waals surface area (Å²) in [6, 6.07) is 1.92. The van der Waals surface area contributed by atoms with Gasteiger partial charge in [0.1, 0.15) is 0 Å². The number of hydrogen-bond acceptors (Lipinski definition) is 5. The molecule has 2 aromatic heterocycles. The smallest absolute Gasteiger partial charge is 0.223 e. The van der Waals surface area contributed by atoms with Crippen molar-refractivity contribution in [2.24, 2.45) is 4.99 Å². The van der Waals surface area contributed by atoms with Crippen molar-refractivity contribution >= 4 is 29.9 Å². The predicted molar refractivity (Wildman–Crippen MR) is 89.5 cm³/mol. The van der Waals surface area contributed by atoms with E-state index < -0.39 is 0 Å². The van der Waals surface area contributed by atoms with Crippen molar-refractivity contribution in [3.63, 3.8) is 0 Å². The molecule has 0 aliphatic heterocycles. The summed E-state index contributed by atoms with van der Waals surface area (Å²) in [5.41, 5.74) is 0. The van der Waals surface area contributed by atoms with E-state index in [1.807, 2.05) is 16.9 Å². The van der Waals surface area contributed by atoms with Crippen molar-refractivity contribution < 1.29 is 4.52 Å². The summed E-state index contributed by atoms with van der Waals surface area (Å²) in [4.78, 5) is 8.24. The molecule has 0 spiro atoms. The van der Waals surface area contributed by atoms with E-state index in [0.29, 0.717) is 24.2 Å². The van der Waals surface area contributed by atoms with Gasteiger partial charge in [-0.2, -0.15) is 10.1 Å². The minimum atomic E-state index is 0. The molecule has 2 rings (SSSR count). The van der Waals surface area contributed by atoms with E-state index >= 15 is 0 Å². The topological polar surface area (TPSA) is 93.2 Å². The van der Waals surface area contributed by atoms with Crippen molar-refractivity contribution in [3.05, 3.63) is 30.2 Å². The third-order valence-corrected chi connectivity index (χ3v) is 2.62. The highest BCUT2D eigenvalue weighted by Gasteiger charge is 2.03. The highest BCUT2D eigenvalue weighted by Crippen LogP contribution is 1.93. The Morgan fingerprint density at radius 1 is 1.43 bits per heavy atom. The van der Waals surface area contributed by atoms with Gasteiger partial charge in [-0.05, 0) is 12.5 Å². The second-order valence-corrected chi connectivity index (χ2v) is 4.20. The fraction of sp³-hybridized carbons (Fsp3) is 0.500. The fourth-order valence-electron chi connectivity index (χ4n) is 1.68. The van der Waals surface area contributed by atoms with E-state index in [9.17, 15) is 0 Å². The number of nitrogens with one attached hydrogen (secondary N) is 2. The summed E-state index contributed by atoms with van der Waals surface area (Å²) < 4.78 is 6.80. The lowest BCUT2D eigenvalue weighted by Crippen LogP contribution is -2.37. The summed E-state index contributed by atoms with van der Waals surface area (Å²) in [5.74, 6) is 1.89. The van der Waals surface area contributed by atoms with Gasteiger partial charge < -0.3 is 15.2 Å². The number of aromatic nitrogens is 4. The number of aryl methyl sites for hydroxylation is 2. The Balaban J connectivity index is 0.00000220. The van der Waals surface area contributed by atoms with Crippen LogP contribution in [0.4, 0.5) is 0 Å². The SMILES string of the molecule is CN=C(NCCCn1cccn1)NCc1noc(C)n1.I. The average Bonchev–Trinajstić information content (AvgIpc) is 3.09. The van der Waals surface area contributed by atoms with Crippen molar-refractivity contribution in [2.45, 2.75) is 26.4 Å². The van der Waals surface area contributed by atoms with Gasteiger partial charge in [0.25, 0.3) is 0 Å². The van der Waals surface area contributed by atoms with Crippen molar-refractivity contribution in [2.75, 3.05) is 13.6 Å². The molecule has 2 aromatic rings. The summed E-state index contributed by atoms with van der Waals surface area (Å²) in [7, 11) is 1.73. The van der Waals surface area contributed by atoms with Crippen LogP contribution in [0.3, 0.4) is 0 Å². The van der Waals surface area contributed by atoms with Crippen LogP contribution in [0.15, 0.2) is 28.0 Å². The quantitative estimate of drug-likeness (QED) is 0.322. The largest absolute Gasteiger partial charge is 0.356 e. The van der Waals surface area contributed by atoms with Crippen molar-refractivity contribution in [3.8, 4) is 0 Å². The Morgan fingerprint density at radius 2 is 2.29 bits per heavy atom. The molecule has 9 heteroatoms. The lowest BCUT2D eigenvalue weighted by Gasteiger charge is -2.10. The van der Waals surface area contributed by atoms with Crippen LogP contribution in [0.2, 0.25) is 0 Å². The van der Waals surface area contributed by atoms with Gasteiger partial charge in [0.15, 0.2) is 11.8 Å². The maximum atomic E-state index is 4.90. The molecule has 2 heterocycles. The molecular weight excluding hydrogens is 385 g/mol. The van der Waals surface area contributed by atoms with Crippen LogP contribution in [-0.2, 0) is 13.1 Å². The number of guanidine groups is 1. The third-order valence-electron chi connectivity index (χ3n) is 2.62. The number of hydrogen-bond donors (Lipinski definition) is 2. The molecule has 116 valence electrons. The van der Waals surface area contributed by atoms with Crippen LogP contribution in [-0.4, -0.2) is 39.5 Å². The van der Waals surface area contributed by atoms with E-state index in [1.165, 1.54) is 0 Å². The normalized spacial score (nSPS) is 11.0. The van der Waals surface area contributed by atoms with Crippen LogP contribution >= 0.6 is 24.0 Å². The molecule has 0 saturated carbocycles.